The van der Waals surface area contributed by atoms with E-state index in [1.165, 1.54) is 0 Å². The van der Waals surface area contributed by atoms with Crippen molar-refractivity contribution in [2.75, 3.05) is 0 Å². The average Bonchev–Trinajstić information content (AvgIpc) is 2.47. The molecule has 128 valence electrons. The lowest BCUT2D eigenvalue weighted by Gasteiger charge is -2.37. The van der Waals surface area contributed by atoms with E-state index in [0.717, 1.165) is 18.4 Å². The summed E-state index contributed by atoms with van der Waals surface area (Å²) in [5.41, 5.74) is -0.147. The average molecular weight is 320 g/mol. The molecule has 0 bridgehead atoms. The van der Waals surface area contributed by atoms with Gasteiger partial charge in [-0.25, -0.2) is 4.79 Å². The van der Waals surface area contributed by atoms with Crippen molar-refractivity contribution in [2.24, 2.45) is 5.41 Å². The molecule has 3 unspecified atom stereocenters. The van der Waals surface area contributed by atoms with Crippen molar-refractivity contribution >= 4 is 6.09 Å². The van der Waals surface area contributed by atoms with Crippen LogP contribution in [0.4, 0.5) is 4.79 Å². The first-order valence-corrected chi connectivity index (χ1v) is 8.31. The first-order valence-electron chi connectivity index (χ1n) is 8.31. The monoisotopic (exact) mass is 320 g/mol. The number of carbonyl (C=O) groups excluding carboxylic acids is 1. The number of nitrogens with one attached hydrogen (secondary N) is 1. The minimum Gasteiger partial charge on any atom is -0.446 e. The summed E-state index contributed by atoms with van der Waals surface area (Å²) in [6, 6.07) is 3.59. The van der Waals surface area contributed by atoms with Crippen LogP contribution >= 0.6 is 0 Å². The Morgan fingerprint density at radius 2 is 2.09 bits per heavy atom. The summed E-state index contributed by atoms with van der Waals surface area (Å²) >= 11 is 0. The number of nitrogens with zero attached hydrogens (tertiary/aromatic N) is 1. The smallest absolute Gasteiger partial charge is 0.407 e. The Morgan fingerprint density at radius 1 is 1.43 bits per heavy atom. The Hall–Kier alpha value is -1.62. The summed E-state index contributed by atoms with van der Waals surface area (Å²) in [5, 5.41) is 13.8. The van der Waals surface area contributed by atoms with Gasteiger partial charge in [0.25, 0.3) is 0 Å². The van der Waals surface area contributed by atoms with Crippen LogP contribution in [-0.4, -0.2) is 28.3 Å². The van der Waals surface area contributed by atoms with E-state index in [1.54, 1.807) is 12.4 Å². The quantitative estimate of drug-likeness (QED) is 0.895. The molecule has 1 aromatic heterocycles. The van der Waals surface area contributed by atoms with E-state index < -0.39 is 11.7 Å². The molecule has 23 heavy (non-hydrogen) atoms. The summed E-state index contributed by atoms with van der Waals surface area (Å²) in [5.74, 6) is 0. The van der Waals surface area contributed by atoms with Gasteiger partial charge in [-0.05, 0) is 49.3 Å². The summed E-state index contributed by atoms with van der Waals surface area (Å²) in [6.45, 7) is 8.00. The van der Waals surface area contributed by atoms with Crippen molar-refractivity contribution in [2.45, 2.75) is 71.1 Å². The van der Waals surface area contributed by atoms with Crippen LogP contribution in [0.2, 0.25) is 0 Å². The minimum absolute atomic E-state index is 0.0819. The van der Waals surface area contributed by atoms with Gasteiger partial charge in [-0.3, -0.25) is 4.98 Å². The zero-order valence-electron chi connectivity index (χ0n) is 14.5. The molecule has 1 aliphatic carbocycles. The molecule has 2 rings (SSSR count). The van der Waals surface area contributed by atoms with Crippen molar-refractivity contribution in [1.29, 1.82) is 0 Å². The van der Waals surface area contributed by atoms with Gasteiger partial charge in [-0.1, -0.05) is 20.8 Å². The molecule has 1 saturated carbocycles. The highest BCUT2D eigenvalue weighted by Gasteiger charge is 2.37. The third-order valence-corrected chi connectivity index (χ3v) is 4.77. The fraction of sp³-hybridized carbons (Fsp3) is 0.667. The van der Waals surface area contributed by atoms with Crippen LogP contribution < -0.4 is 5.32 Å². The molecule has 5 nitrogen and oxygen atoms in total. The van der Waals surface area contributed by atoms with E-state index in [2.05, 4.69) is 10.3 Å². The largest absolute Gasteiger partial charge is 0.446 e. The number of ether oxygens (including phenoxy) is 1. The Kier molecular flexibility index (Phi) is 5.30. The van der Waals surface area contributed by atoms with Gasteiger partial charge in [0.15, 0.2) is 0 Å². The fourth-order valence-corrected chi connectivity index (χ4v) is 2.84. The maximum Gasteiger partial charge on any atom is 0.407 e. The van der Waals surface area contributed by atoms with Gasteiger partial charge in [0.1, 0.15) is 6.10 Å². The molecule has 1 aromatic rings. The predicted molar refractivity (Wildman–Crippen MR) is 88.9 cm³/mol. The van der Waals surface area contributed by atoms with E-state index in [1.807, 2.05) is 39.8 Å². The van der Waals surface area contributed by atoms with Crippen molar-refractivity contribution < 1.29 is 14.6 Å². The number of amides is 1. The molecule has 0 aromatic carbocycles. The van der Waals surface area contributed by atoms with Gasteiger partial charge in [0, 0.05) is 24.9 Å². The number of carbonyl (C=O) groups is 1. The highest BCUT2D eigenvalue weighted by Crippen LogP contribution is 2.36. The van der Waals surface area contributed by atoms with Crippen LogP contribution in [0.1, 0.15) is 58.9 Å². The van der Waals surface area contributed by atoms with Crippen molar-refractivity contribution in [3.8, 4) is 0 Å². The molecule has 0 aliphatic heterocycles. The highest BCUT2D eigenvalue weighted by atomic mass is 16.6. The summed E-state index contributed by atoms with van der Waals surface area (Å²) in [4.78, 5) is 16.1. The standard InChI is InChI=1S/C18H28N2O3/c1-13(17(2,3)4)23-16(21)20-15-6-5-9-18(22,12-15)14-7-10-19-11-8-14/h7-8,10-11,13,15,22H,5-6,9,12H2,1-4H3,(H,20,21). The molecular weight excluding hydrogens is 292 g/mol. The normalized spacial score (nSPS) is 26.4. The predicted octanol–water partition coefficient (Wildman–Crippen LogP) is 3.37. The van der Waals surface area contributed by atoms with Crippen LogP contribution in [0.25, 0.3) is 0 Å². The number of hydrogen-bond acceptors (Lipinski definition) is 4. The maximum atomic E-state index is 12.1. The molecular formula is C18H28N2O3. The van der Waals surface area contributed by atoms with Crippen LogP contribution in [0.5, 0.6) is 0 Å². The van der Waals surface area contributed by atoms with E-state index in [0.29, 0.717) is 12.8 Å². The number of alkyl carbamates (subject to hydrolysis) is 1. The van der Waals surface area contributed by atoms with Gasteiger partial charge < -0.3 is 15.2 Å². The van der Waals surface area contributed by atoms with Crippen molar-refractivity contribution in [1.82, 2.24) is 10.3 Å². The second-order valence-electron chi connectivity index (χ2n) is 7.62. The van der Waals surface area contributed by atoms with Gasteiger partial charge >= 0.3 is 6.09 Å². The molecule has 0 spiro atoms. The fourth-order valence-electron chi connectivity index (χ4n) is 2.84. The minimum atomic E-state index is -0.908. The lowest BCUT2D eigenvalue weighted by atomic mass is 9.77. The summed E-state index contributed by atoms with van der Waals surface area (Å²) < 4.78 is 5.45. The van der Waals surface area contributed by atoms with Crippen LogP contribution in [0.15, 0.2) is 24.5 Å². The molecule has 5 heteroatoms. The zero-order chi connectivity index (χ0) is 17.1. The number of aliphatic hydroxyl groups is 1. The summed E-state index contributed by atoms with van der Waals surface area (Å²) in [6.07, 6.45) is 5.69. The Balaban J connectivity index is 1.95. The van der Waals surface area contributed by atoms with Gasteiger partial charge in [0.05, 0.1) is 5.60 Å². The molecule has 1 heterocycles. The second kappa shape index (κ2) is 6.87. The number of rotatable bonds is 3. The van der Waals surface area contributed by atoms with Crippen molar-refractivity contribution in [3.05, 3.63) is 30.1 Å². The molecule has 3 atom stereocenters. The Bertz CT molecular complexity index is 527. The number of pyridine rings is 1. The lowest BCUT2D eigenvalue weighted by molar-refractivity contribution is -0.0149. The molecule has 0 radical (unpaired) electrons. The highest BCUT2D eigenvalue weighted by molar-refractivity contribution is 5.67. The van der Waals surface area contributed by atoms with Crippen molar-refractivity contribution in [3.63, 3.8) is 0 Å². The molecule has 1 aliphatic rings. The molecule has 0 saturated heterocycles. The number of aromatic nitrogens is 1. The van der Waals surface area contributed by atoms with E-state index in [4.69, 9.17) is 4.74 Å². The summed E-state index contributed by atoms with van der Waals surface area (Å²) in [7, 11) is 0. The zero-order valence-corrected chi connectivity index (χ0v) is 14.5. The van der Waals surface area contributed by atoms with Gasteiger partial charge in [0.2, 0.25) is 0 Å². The molecule has 1 amide bonds. The molecule has 1 fully saturated rings. The van der Waals surface area contributed by atoms with Crippen LogP contribution in [-0.2, 0) is 10.3 Å². The van der Waals surface area contributed by atoms with Gasteiger partial charge in [-0.15, -0.1) is 0 Å². The Labute approximate surface area is 138 Å². The van der Waals surface area contributed by atoms with E-state index >= 15 is 0 Å². The van der Waals surface area contributed by atoms with E-state index in [9.17, 15) is 9.90 Å². The Morgan fingerprint density at radius 3 is 2.70 bits per heavy atom. The first-order chi connectivity index (χ1) is 10.7. The van der Waals surface area contributed by atoms with Crippen LogP contribution in [0.3, 0.4) is 0 Å². The van der Waals surface area contributed by atoms with Crippen LogP contribution in [0, 0.1) is 5.41 Å². The lowest BCUT2D eigenvalue weighted by Crippen LogP contribution is -2.45. The topological polar surface area (TPSA) is 71.5 Å². The molecule has 2 N–H and O–H groups in total. The van der Waals surface area contributed by atoms with Gasteiger partial charge in [-0.2, -0.15) is 0 Å². The number of hydrogen-bond donors (Lipinski definition) is 2. The second-order valence-corrected chi connectivity index (χ2v) is 7.62. The maximum absolute atomic E-state index is 12.1. The first kappa shape index (κ1) is 17.7. The van der Waals surface area contributed by atoms with E-state index in [-0.39, 0.29) is 17.6 Å². The SMILES string of the molecule is CC(OC(=O)NC1CCCC(O)(c2ccncc2)C1)C(C)(C)C. The third kappa shape index (κ3) is 4.67. The third-order valence-electron chi connectivity index (χ3n) is 4.77.